The SMILES string of the molecule is Cc1nc(CN2CCO[C@]3(CCc4ccccc43)C2)cs1. The van der Waals surface area contributed by atoms with Crippen molar-refractivity contribution in [3.05, 3.63) is 51.5 Å². The van der Waals surface area contributed by atoms with Crippen molar-refractivity contribution in [2.24, 2.45) is 0 Å². The largest absolute Gasteiger partial charge is 0.368 e. The van der Waals surface area contributed by atoms with Crippen LogP contribution in [0.3, 0.4) is 0 Å². The van der Waals surface area contributed by atoms with Crippen molar-refractivity contribution in [1.82, 2.24) is 9.88 Å². The summed E-state index contributed by atoms with van der Waals surface area (Å²) in [4.78, 5) is 7.10. The molecule has 1 aliphatic carbocycles. The lowest BCUT2D eigenvalue weighted by atomic mass is 9.93. The first-order valence-corrected chi connectivity index (χ1v) is 8.49. The number of benzene rings is 1. The molecule has 0 amide bonds. The Balaban J connectivity index is 1.56. The Morgan fingerprint density at radius 2 is 2.29 bits per heavy atom. The number of aromatic nitrogens is 1. The van der Waals surface area contributed by atoms with E-state index < -0.39 is 0 Å². The van der Waals surface area contributed by atoms with E-state index in [9.17, 15) is 0 Å². The second kappa shape index (κ2) is 5.20. The van der Waals surface area contributed by atoms with Gasteiger partial charge in [0.2, 0.25) is 0 Å². The van der Waals surface area contributed by atoms with E-state index in [0.29, 0.717) is 0 Å². The number of ether oxygens (including phenoxy) is 1. The second-order valence-electron chi connectivity index (χ2n) is 6.07. The van der Waals surface area contributed by atoms with Crippen molar-refractivity contribution in [3.8, 4) is 0 Å². The minimum Gasteiger partial charge on any atom is -0.368 e. The molecule has 3 nitrogen and oxygen atoms in total. The molecular formula is C17H20N2OS. The van der Waals surface area contributed by atoms with Crippen LogP contribution in [0.4, 0.5) is 0 Å². The van der Waals surface area contributed by atoms with Gasteiger partial charge < -0.3 is 4.74 Å². The van der Waals surface area contributed by atoms with Crippen LogP contribution in [0.2, 0.25) is 0 Å². The molecule has 0 N–H and O–H groups in total. The Morgan fingerprint density at radius 3 is 3.14 bits per heavy atom. The topological polar surface area (TPSA) is 25.4 Å². The summed E-state index contributed by atoms with van der Waals surface area (Å²) in [6.45, 7) is 5.82. The molecule has 4 heteroatoms. The zero-order chi connectivity index (χ0) is 14.3. The zero-order valence-electron chi connectivity index (χ0n) is 12.3. The van der Waals surface area contributed by atoms with E-state index in [1.54, 1.807) is 11.3 Å². The minimum atomic E-state index is -0.0834. The molecule has 1 aromatic heterocycles. The molecule has 0 unspecified atom stereocenters. The van der Waals surface area contributed by atoms with E-state index in [1.807, 2.05) is 0 Å². The monoisotopic (exact) mass is 300 g/mol. The molecule has 2 aromatic rings. The molecule has 21 heavy (non-hydrogen) atoms. The number of nitrogens with zero attached hydrogens (tertiary/aromatic N) is 2. The Labute approximate surface area is 129 Å². The van der Waals surface area contributed by atoms with Gasteiger partial charge in [-0.2, -0.15) is 0 Å². The van der Waals surface area contributed by atoms with Gasteiger partial charge in [-0.15, -0.1) is 11.3 Å². The van der Waals surface area contributed by atoms with E-state index in [2.05, 4.69) is 46.5 Å². The lowest BCUT2D eigenvalue weighted by Crippen LogP contribution is -2.48. The quantitative estimate of drug-likeness (QED) is 0.852. The van der Waals surface area contributed by atoms with Crippen molar-refractivity contribution in [2.75, 3.05) is 19.7 Å². The van der Waals surface area contributed by atoms with Crippen LogP contribution < -0.4 is 0 Å². The molecule has 1 atom stereocenters. The van der Waals surface area contributed by atoms with Crippen LogP contribution in [0.1, 0.15) is 28.2 Å². The first kappa shape index (κ1) is 13.4. The van der Waals surface area contributed by atoms with Crippen molar-refractivity contribution >= 4 is 11.3 Å². The molecule has 0 saturated carbocycles. The minimum absolute atomic E-state index is 0.0834. The second-order valence-corrected chi connectivity index (χ2v) is 7.13. The van der Waals surface area contributed by atoms with Crippen LogP contribution in [0.5, 0.6) is 0 Å². The molecule has 1 aliphatic heterocycles. The van der Waals surface area contributed by atoms with E-state index in [0.717, 1.165) is 44.1 Å². The number of hydrogen-bond acceptors (Lipinski definition) is 4. The Morgan fingerprint density at radius 1 is 1.38 bits per heavy atom. The third kappa shape index (κ3) is 2.41. The number of hydrogen-bond donors (Lipinski definition) is 0. The third-order valence-electron chi connectivity index (χ3n) is 4.62. The molecule has 2 heterocycles. The molecule has 2 aliphatic rings. The van der Waals surface area contributed by atoms with Crippen LogP contribution in [0.15, 0.2) is 29.6 Å². The molecule has 1 saturated heterocycles. The average Bonchev–Trinajstić information content (AvgIpc) is 3.05. The fourth-order valence-electron chi connectivity index (χ4n) is 3.67. The summed E-state index contributed by atoms with van der Waals surface area (Å²) in [6, 6.07) is 8.77. The van der Waals surface area contributed by atoms with Gasteiger partial charge in [0.1, 0.15) is 5.60 Å². The summed E-state index contributed by atoms with van der Waals surface area (Å²) >= 11 is 1.74. The van der Waals surface area contributed by atoms with Crippen molar-refractivity contribution < 1.29 is 4.74 Å². The Bertz CT molecular complexity index is 650. The van der Waals surface area contributed by atoms with E-state index >= 15 is 0 Å². The van der Waals surface area contributed by atoms with E-state index in [-0.39, 0.29) is 5.60 Å². The standard InChI is InChI=1S/C17H20N2OS/c1-13-18-15(11-21-13)10-19-8-9-20-17(12-19)7-6-14-4-2-3-5-16(14)17/h2-5,11H,6-10,12H2,1H3/t17-/m1/s1. The molecule has 1 spiro atoms. The lowest BCUT2D eigenvalue weighted by Gasteiger charge is -2.41. The van der Waals surface area contributed by atoms with Crippen molar-refractivity contribution in [1.29, 1.82) is 0 Å². The van der Waals surface area contributed by atoms with Gasteiger partial charge in [-0.05, 0) is 30.9 Å². The highest BCUT2D eigenvalue weighted by atomic mass is 32.1. The number of rotatable bonds is 2. The molecule has 4 rings (SSSR count). The lowest BCUT2D eigenvalue weighted by molar-refractivity contribution is -0.116. The normalized spacial score (nSPS) is 25.4. The summed E-state index contributed by atoms with van der Waals surface area (Å²) in [6.07, 6.45) is 2.25. The van der Waals surface area contributed by atoms with Crippen LogP contribution in [0.25, 0.3) is 0 Å². The van der Waals surface area contributed by atoms with Gasteiger partial charge in [-0.25, -0.2) is 4.98 Å². The van der Waals surface area contributed by atoms with E-state index in [1.165, 1.54) is 16.8 Å². The molecule has 0 bridgehead atoms. The summed E-state index contributed by atoms with van der Waals surface area (Å²) in [5.41, 5.74) is 3.98. The zero-order valence-corrected chi connectivity index (χ0v) is 13.2. The number of fused-ring (bicyclic) bond motifs is 2. The molecular weight excluding hydrogens is 280 g/mol. The van der Waals surface area contributed by atoms with Gasteiger partial charge in [0.05, 0.1) is 17.3 Å². The Kier molecular flexibility index (Phi) is 3.32. The van der Waals surface area contributed by atoms with Gasteiger partial charge in [-0.3, -0.25) is 4.90 Å². The smallest absolute Gasteiger partial charge is 0.106 e. The maximum atomic E-state index is 6.27. The van der Waals surface area contributed by atoms with Crippen LogP contribution in [0, 0.1) is 6.92 Å². The summed E-state index contributed by atoms with van der Waals surface area (Å²) in [7, 11) is 0. The maximum Gasteiger partial charge on any atom is 0.106 e. The van der Waals surface area contributed by atoms with Gasteiger partial charge >= 0.3 is 0 Å². The highest BCUT2D eigenvalue weighted by Crippen LogP contribution is 2.42. The van der Waals surface area contributed by atoms with Crippen molar-refractivity contribution in [2.45, 2.75) is 31.9 Å². The molecule has 0 radical (unpaired) electrons. The first-order chi connectivity index (χ1) is 10.3. The molecule has 110 valence electrons. The summed E-state index contributed by atoms with van der Waals surface area (Å²) < 4.78 is 6.27. The first-order valence-electron chi connectivity index (χ1n) is 7.61. The van der Waals surface area contributed by atoms with Gasteiger partial charge in [0.15, 0.2) is 0 Å². The average molecular weight is 300 g/mol. The third-order valence-corrected chi connectivity index (χ3v) is 5.45. The highest BCUT2D eigenvalue weighted by Gasteiger charge is 2.43. The van der Waals surface area contributed by atoms with Gasteiger partial charge in [0.25, 0.3) is 0 Å². The van der Waals surface area contributed by atoms with Gasteiger partial charge in [-0.1, -0.05) is 24.3 Å². The van der Waals surface area contributed by atoms with E-state index in [4.69, 9.17) is 4.74 Å². The molecule has 1 aromatic carbocycles. The van der Waals surface area contributed by atoms with Crippen LogP contribution >= 0.6 is 11.3 Å². The fraction of sp³-hybridized carbons (Fsp3) is 0.471. The fourth-order valence-corrected chi connectivity index (χ4v) is 4.27. The van der Waals surface area contributed by atoms with Crippen molar-refractivity contribution in [3.63, 3.8) is 0 Å². The number of aryl methyl sites for hydroxylation is 2. The number of morpholine rings is 1. The maximum absolute atomic E-state index is 6.27. The van der Waals surface area contributed by atoms with Crippen LogP contribution in [-0.2, 0) is 23.3 Å². The van der Waals surface area contributed by atoms with Gasteiger partial charge in [0, 0.05) is 25.0 Å². The molecule has 1 fully saturated rings. The summed E-state index contributed by atoms with van der Waals surface area (Å²) in [5, 5.41) is 3.33. The predicted octanol–water partition coefficient (Wildman–Crippen LogP) is 3.13. The number of thiazole rings is 1. The predicted molar refractivity (Wildman–Crippen MR) is 84.5 cm³/mol. The Hall–Kier alpha value is -1.23. The summed E-state index contributed by atoms with van der Waals surface area (Å²) in [5.74, 6) is 0. The van der Waals surface area contributed by atoms with Crippen LogP contribution in [-0.4, -0.2) is 29.6 Å². The highest BCUT2D eigenvalue weighted by molar-refractivity contribution is 7.09.